The van der Waals surface area contributed by atoms with Crippen LogP contribution in [0, 0.1) is 6.92 Å². The van der Waals surface area contributed by atoms with Crippen LogP contribution in [0.2, 0.25) is 5.02 Å². The molecule has 156 valence electrons. The van der Waals surface area contributed by atoms with E-state index in [2.05, 4.69) is 27.4 Å². The molecule has 0 unspecified atom stereocenters. The van der Waals surface area contributed by atoms with Gasteiger partial charge in [-0.15, -0.1) is 0 Å². The molecule has 0 saturated carbocycles. The molecule has 0 spiro atoms. The minimum absolute atomic E-state index is 0.551. The highest BCUT2D eigenvalue weighted by Crippen LogP contribution is 2.33. The van der Waals surface area contributed by atoms with Gasteiger partial charge >= 0.3 is 0 Å². The molecule has 0 saturated heterocycles. The van der Waals surface area contributed by atoms with Crippen molar-refractivity contribution >= 4 is 28.3 Å². The van der Waals surface area contributed by atoms with E-state index in [4.69, 9.17) is 21.6 Å². The van der Waals surface area contributed by atoms with E-state index in [1.54, 1.807) is 18.6 Å². The molecule has 0 aliphatic heterocycles. The van der Waals surface area contributed by atoms with E-state index in [0.717, 1.165) is 49.7 Å². The molecular formula is C26H20ClN5. The number of anilines is 1. The number of halogens is 1. The van der Waals surface area contributed by atoms with Crippen LogP contribution in [-0.4, -0.2) is 19.9 Å². The second-order valence-corrected chi connectivity index (χ2v) is 7.93. The third-order valence-corrected chi connectivity index (χ3v) is 5.53. The lowest BCUT2D eigenvalue weighted by Gasteiger charge is -2.13. The highest BCUT2D eigenvalue weighted by molar-refractivity contribution is 6.33. The molecule has 5 nitrogen and oxygen atoms in total. The number of aromatic nitrogens is 4. The molecule has 3 heterocycles. The molecule has 0 fully saturated rings. The number of aryl methyl sites for hydroxylation is 1. The molecule has 5 aromatic rings. The van der Waals surface area contributed by atoms with Gasteiger partial charge in [-0.2, -0.15) is 0 Å². The minimum atomic E-state index is 0.551. The Labute approximate surface area is 191 Å². The summed E-state index contributed by atoms with van der Waals surface area (Å²) >= 11 is 6.54. The monoisotopic (exact) mass is 437 g/mol. The van der Waals surface area contributed by atoms with Gasteiger partial charge in [-0.25, -0.2) is 9.97 Å². The fourth-order valence-corrected chi connectivity index (χ4v) is 3.93. The maximum absolute atomic E-state index is 6.54. The van der Waals surface area contributed by atoms with Crippen LogP contribution in [0.3, 0.4) is 0 Å². The van der Waals surface area contributed by atoms with E-state index >= 15 is 0 Å². The molecular weight excluding hydrogens is 418 g/mol. The van der Waals surface area contributed by atoms with Gasteiger partial charge in [-0.3, -0.25) is 9.97 Å². The number of benzene rings is 2. The number of hydrogen-bond acceptors (Lipinski definition) is 5. The van der Waals surface area contributed by atoms with E-state index in [1.165, 1.54) is 0 Å². The Morgan fingerprint density at radius 1 is 0.875 bits per heavy atom. The predicted octanol–water partition coefficient (Wildman–Crippen LogP) is 6.33. The Hall–Kier alpha value is -3.83. The molecule has 32 heavy (non-hydrogen) atoms. The summed E-state index contributed by atoms with van der Waals surface area (Å²) in [5, 5.41) is 5.09. The lowest BCUT2D eigenvalue weighted by atomic mass is 10.0. The molecule has 5 rings (SSSR count). The molecule has 1 N–H and O–H groups in total. The molecule has 0 aliphatic carbocycles. The first-order chi connectivity index (χ1) is 15.7. The van der Waals surface area contributed by atoms with Crippen molar-refractivity contribution in [3.8, 4) is 22.5 Å². The summed E-state index contributed by atoms with van der Waals surface area (Å²) in [4.78, 5) is 18.2. The lowest BCUT2D eigenvalue weighted by molar-refractivity contribution is 1.03. The molecule has 0 radical (unpaired) electrons. The van der Waals surface area contributed by atoms with Crippen molar-refractivity contribution in [2.45, 2.75) is 13.5 Å². The standard InChI is InChI=1S/C26H20ClN5/c1-17-7-9-21(23(27)13-17)18-8-10-24-22(14-18)26(30-16-20-6-2-3-12-29-20)32-25(31-24)19-5-4-11-28-15-19/h2-15H,16H2,1H3,(H,30,31,32). The van der Waals surface area contributed by atoms with Gasteiger partial charge in [0.15, 0.2) is 5.82 Å². The molecule has 2 aromatic carbocycles. The summed E-state index contributed by atoms with van der Waals surface area (Å²) in [5.41, 5.74) is 5.75. The fourth-order valence-electron chi connectivity index (χ4n) is 3.59. The van der Waals surface area contributed by atoms with Gasteiger partial charge in [-0.1, -0.05) is 35.9 Å². The Balaban J connectivity index is 1.63. The zero-order valence-electron chi connectivity index (χ0n) is 17.5. The number of hydrogen-bond donors (Lipinski definition) is 1. The van der Waals surface area contributed by atoms with Crippen molar-refractivity contribution in [1.82, 2.24) is 19.9 Å². The Morgan fingerprint density at radius 3 is 2.59 bits per heavy atom. The summed E-state index contributed by atoms with van der Waals surface area (Å²) in [5.74, 6) is 1.36. The van der Waals surface area contributed by atoms with Gasteiger partial charge in [0.1, 0.15) is 5.82 Å². The van der Waals surface area contributed by atoms with Crippen LogP contribution in [0.4, 0.5) is 5.82 Å². The van der Waals surface area contributed by atoms with Gasteiger partial charge in [0.05, 0.1) is 17.8 Å². The van der Waals surface area contributed by atoms with Crippen LogP contribution in [0.1, 0.15) is 11.3 Å². The van der Waals surface area contributed by atoms with Crippen molar-refractivity contribution in [1.29, 1.82) is 0 Å². The van der Waals surface area contributed by atoms with Crippen LogP contribution < -0.4 is 5.32 Å². The van der Waals surface area contributed by atoms with Gasteiger partial charge in [0, 0.05) is 40.1 Å². The van der Waals surface area contributed by atoms with Crippen molar-refractivity contribution in [2.24, 2.45) is 0 Å². The average molecular weight is 438 g/mol. The molecule has 0 aliphatic rings. The topological polar surface area (TPSA) is 63.6 Å². The molecule has 0 bridgehead atoms. The summed E-state index contributed by atoms with van der Waals surface area (Å²) in [6.45, 7) is 2.58. The Kier molecular flexibility index (Phi) is 5.48. The maximum atomic E-state index is 6.54. The zero-order chi connectivity index (χ0) is 21.9. The first-order valence-electron chi connectivity index (χ1n) is 10.3. The number of fused-ring (bicyclic) bond motifs is 1. The largest absolute Gasteiger partial charge is 0.364 e. The molecule has 3 aromatic heterocycles. The van der Waals surface area contributed by atoms with Crippen LogP contribution >= 0.6 is 11.6 Å². The van der Waals surface area contributed by atoms with E-state index in [9.17, 15) is 0 Å². The van der Waals surface area contributed by atoms with Gasteiger partial charge < -0.3 is 5.32 Å². The quantitative estimate of drug-likeness (QED) is 0.348. The van der Waals surface area contributed by atoms with E-state index < -0.39 is 0 Å². The van der Waals surface area contributed by atoms with Crippen LogP contribution in [0.25, 0.3) is 33.4 Å². The third kappa shape index (κ3) is 4.15. The van der Waals surface area contributed by atoms with E-state index in [1.807, 2.05) is 61.5 Å². The number of nitrogens with one attached hydrogen (secondary N) is 1. The lowest BCUT2D eigenvalue weighted by Crippen LogP contribution is -2.05. The number of nitrogens with zero attached hydrogens (tertiary/aromatic N) is 4. The third-order valence-electron chi connectivity index (χ3n) is 5.21. The smallest absolute Gasteiger partial charge is 0.163 e. The highest BCUT2D eigenvalue weighted by Gasteiger charge is 2.12. The number of pyridine rings is 2. The van der Waals surface area contributed by atoms with Crippen molar-refractivity contribution < 1.29 is 0 Å². The molecule has 0 atom stereocenters. The van der Waals surface area contributed by atoms with E-state index in [-0.39, 0.29) is 0 Å². The normalized spacial score (nSPS) is 10.9. The maximum Gasteiger partial charge on any atom is 0.163 e. The van der Waals surface area contributed by atoms with Gasteiger partial charge in [0.25, 0.3) is 0 Å². The van der Waals surface area contributed by atoms with Crippen LogP contribution in [0.5, 0.6) is 0 Å². The van der Waals surface area contributed by atoms with Crippen molar-refractivity contribution in [3.63, 3.8) is 0 Å². The predicted molar refractivity (Wildman–Crippen MR) is 130 cm³/mol. The fraction of sp³-hybridized carbons (Fsp3) is 0.0769. The van der Waals surface area contributed by atoms with Crippen LogP contribution in [0.15, 0.2) is 85.3 Å². The second kappa shape index (κ2) is 8.73. The number of rotatable bonds is 5. The summed E-state index contributed by atoms with van der Waals surface area (Å²) < 4.78 is 0. The highest BCUT2D eigenvalue weighted by atomic mass is 35.5. The molecule has 0 amide bonds. The second-order valence-electron chi connectivity index (χ2n) is 7.53. The minimum Gasteiger partial charge on any atom is -0.364 e. The zero-order valence-corrected chi connectivity index (χ0v) is 18.2. The van der Waals surface area contributed by atoms with Crippen molar-refractivity contribution in [3.05, 3.63) is 102 Å². The Bertz CT molecular complexity index is 1390. The summed E-state index contributed by atoms with van der Waals surface area (Å²) in [7, 11) is 0. The SMILES string of the molecule is Cc1ccc(-c2ccc3nc(-c4cccnc4)nc(NCc4ccccn4)c3c2)c(Cl)c1. The van der Waals surface area contributed by atoms with Crippen molar-refractivity contribution in [2.75, 3.05) is 5.32 Å². The molecule has 6 heteroatoms. The summed E-state index contributed by atoms with van der Waals surface area (Å²) in [6, 6.07) is 21.9. The first kappa shape index (κ1) is 20.1. The summed E-state index contributed by atoms with van der Waals surface area (Å²) in [6.07, 6.45) is 5.29. The van der Waals surface area contributed by atoms with Gasteiger partial charge in [0.2, 0.25) is 0 Å². The first-order valence-corrected chi connectivity index (χ1v) is 10.7. The van der Waals surface area contributed by atoms with Gasteiger partial charge in [-0.05, 0) is 60.5 Å². The average Bonchev–Trinajstić information content (AvgIpc) is 2.83. The van der Waals surface area contributed by atoms with Crippen LogP contribution in [-0.2, 0) is 6.54 Å². The Morgan fingerprint density at radius 2 is 1.81 bits per heavy atom. The van der Waals surface area contributed by atoms with E-state index in [0.29, 0.717) is 12.4 Å².